The molecule has 0 aliphatic heterocycles. The van der Waals surface area contributed by atoms with Crippen molar-refractivity contribution in [3.8, 4) is 0 Å². The topological polar surface area (TPSA) is 64.7 Å². The summed E-state index contributed by atoms with van der Waals surface area (Å²) < 4.78 is 0. The van der Waals surface area contributed by atoms with Crippen molar-refractivity contribution in [2.45, 2.75) is 6.04 Å². The Morgan fingerprint density at radius 2 is 2.31 bits per heavy atom. The zero-order valence-electron chi connectivity index (χ0n) is 6.79. The maximum Gasteiger partial charge on any atom is 0.0795 e. The largest absolute Gasteiger partial charge is 0.319 e. The number of aromatic nitrogens is 3. The van der Waals surface area contributed by atoms with Gasteiger partial charge in [-0.1, -0.05) is 0 Å². The van der Waals surface area contributed by atoms with Crippen LogP contribution in [-0.2, 0) is 0 Å². The highest BCUT2D eigenvalue weighted by molar-refractivity contribution is 7.07. The summed E-state index contributed by atoms with van der Waals surface area (Å²) in [6.45, 7) is 0. The van der Waals surface area contributed by atoms with Gasteiger partial charge in [0.1, 0.15) is 0 Å². The van der Waals surface area contributed by atoms with E-state index in [1.807, 2.05) is 11.4 Å². The molecule has 1 unspecified atom stereocenters. The summed E-state index contributed by atoms with van der Waals surface area (Å²) in [5, 5.41) is 9.38. The van der Waals surface area contributed by atoms with Crippen LogP contribution in [0.25, 0.3) is 0 Å². The van der Waals surface area contributed by atoms with Gasteiger partial charge in [0.05, 0.1) is 23.4 Å². The summed E-state index contributed by atoms with van der Waals surface area (Å²) in [6, 6.07) is 1.65. The molecule has 0 aliphatic carbocycles. The second-order valence-electron chi connectivity index (χ2n) is 2.57. The van der Waals surface area contributed by atoms with Crippen LogP contribution in [0.15, 0.2) is 29.4 Å². The van der Waals surface area contributed by atoms with Crippen LogP contribution in [0.4, 0.5) is 0 Å². The maximum atomic E-state index is 5.94. The van der Waals surface area contributed by atoms with Gasteiger partial charge in [0.15, 0.2) is 0 Å². The Balaban J connectivity index is 2.29. The molecule has 2 aromatic rings. The highest BCUT2D eigenvalue weighted by Crippen LogP contribution is 2.17. The first kappa shape index (κ1) is 8.28. The van der Waals surface area contributed by atoms with Crippen LogP contribution >= 0.6 is 11.3 Å². The van der Waals surface area contributed by atoms with E-state index in [0.29, 0.717) is 0 Å². The lowest BCUT2D eigenvalue weighted by Crippen LogP contribution is -2.12. The van der Waals surface area contributed by atoms with Crippen molar-refractivity contribution in [2.75, 3.05) is 0 Å². The van der Waals surface area contributed by atoms with E-state index in [2.05, 4.69) is 15.2 Å². The molecule has 1 atom stereocenters. The Bertz CT molecular complexity index is 359. The molecule has 66 valence electrons. The lowest BCUT2D eigenvalue weighted by Gasteiger charge is -2.06. The minimum atomic E-state index is -0.193. The molecule has 0 saturated heterocycles. The van der Waals surface area contributed by atoms with Crippen molar-refractivity contribution < 1.29 is 0 Å². The van der Waals surface area contributed by atoms with Gasteiger partial charge in [-0.2, -0.15) is 10.2 Å². The smallest absolute Gasteiger partial charge is 0.0795 e. The number of thiazole rings is 1. The van der Waals surface area contributed by atoms with Crippen molar-refractivity contribution in [2.24, 2.45) is 5.73 Å². The van der Waals surface area contributed by atoms with Crippen LogP contribution in [-0.4, -0.2) is 15.2 Å². The fourth-order valence-corrected chi connectivity index (χ4v) is 1.62. The Morgan fingerprint density at radius 3 is 2.92 bits per heavy atom. The maximum absolute atomic E-state index is 5.94. The van der Waals surface area contributed by atoms with E-state index in [4.69, 9.17) is 5.73 Å². The van der Waals surface area contributed by atoms with Gasteiger partial charge in [-0.15, -0.1) is 11.3 Å². The Labute approximate surface area is 79.5 Å². The molecule has 2 rings (SSSR count). The van der Waals surface area contributed by atoms with Gasteiger partial charge < -0.3 is 5.73 Å². The quantitative estimate of drug-likeness (QED) is 0.770. The van der Waals surface area contributed by atoms with E-state index < -0.39 is 0 Å². The van der Waals surface area contributed by atoms with Crippen LogP contribution in [0.5, 0.6) is 0 Å². The van der Waals surface area contributed by atoms with Gasteiger partial charge in [-0.05, 0) is 11.6 Å². The molecular formula is C8H8N4S. The molecule has 0 saturated carbocycles. The normalized spacial score (nSPS) is 12.7. The molecule has 13 heavy (non-hydrogen) atoms. The minimum Gasteiger partial charge on any atom is -0.319 e. The number of nitrogens with zero attached hydrogens (tertiary/aromatic N) is 3. The summed E-state index contributed by atoms with van der Waals surface area (Å²) >= 11 is 1.54. The third-order valence-corrected chi connectivity index (χ3v) is 2.34. The standard InChI is InChI=1S/C8H8N4S/c9-8(7-4-13-5-10-7)6-1-2-11-12-3-6/h1-5,8H,9H2. The predicted molar refractivity (Wildman–Crippen MR) is 50.2 cm³/mol. The molecule has 5 heteroatoms. The molecule has 2 heterocycles. The van der Waals surface area contributed by atoms with E-state index >= 15 is 0 Å². The molecular weight excluding hydrogens is 184 g/mol. The second kappa shape index (κ2) is 3.59. The lowest BCUT2D eigenvalue weighted by atomic mass is 10.1. The monoisotopic (exact) mass is 192 g/mol. The average molecular weight is 192 g/mol. The zero-order valence-corrected chi connectivity index (χ0v) is 7.61. The first-order chi connectivity index (χ1) is 6.38. The average Bonchev–Trinajstić information content (AvgIpc) is 2.71. The number of hydrogen-bond acceptors (Lipinski definition) is 5. The van der Waals surface area contributed by atoms with E-state index in [0.717, 1.165) is 11.3 Å². The fourth-order valence-electron chi connectivity index (χ4n) is 1.03. The fraction of sp³-hybridized carbons (Fsp3) is 0.125. The Hall–Kier alpha value is -1.33. The van der Waals surface area contributed by atoms with Crippen molar-refractivity contribution >= 4 is 11.3 Å². The van der Waals surface area contributed by atoms with Crippen molar-refractivity contribution in [1.82, 2.24) is 15.2 Å². The molecule has 2 aromatic heterocycles. The third-order valence-electron chi connectivity index (χ3n) is 1.74. The van der Waals surface area contributed by atoms with Crippen molar-refractivity contribution in [3.05, 3.63) is 40.6 Å². The molecule has 0 amide bonds. The van der Waals surface area contributed by atoms with Gasteiger partial charge >= 0.3 is 0 Å². The van der Waals surface area contributed by atoms with Gasteiger partial charge in [-0.3, -0.25) is 0 Å². The Morgan fingerprint density at radius 1 is 1.38 bits per heavy atom. The van der Waals surface area contributed by atoms with Crippen LogP contribution in [0, 0.1) is 0 Å². The van der Waals surface area contributed by atoms with Crippen LogP contribution in [0.1, 0.15) is 17.3 Å². The van der Waals surface area contributed by atoms with Crippen LogP contribution in [0.3, 0.4) is 0 Å². The molecule has 0 radical (unpaired) electrons. The van der Waals surface area contributed by atoms with Gasteiger partial charge in [0.25, 0.3) is 0 Å². The summed E-state index contributed by atoms with van der Waals surface area (Å²) in [4.78, 5) is 4.14. The van der Waals surface area contributed by atoms with Gasteiger partial charge in [0, 0.05) is 11.6 Å². The van der Waals surface area contributed by atoms with Gasteiger partial charge in [-0.25, -0.2) is 4.98 Å². The molecule has 4 nitrogen and oxygen atoms in total. The molecule has 0 aromatic carbocycles. The number of hydrogen-bond donors (Lipinski definition) is 1. The van der Waals surface area contributed by atoms with E-state index in [1.54, 1.807) is 17.9 Å². The molecule has 0 bridgehead atoms. The SMILES string of the molecule is NC(c1ccnnc1)c1cscn1. The zero-order chi connectivity index (χ0) is 9.10. The summed E-state index contributed by atoms with van der Waals surface area (Å²) in [6.07, 6.45) is 3.28. The summed E-state index contributed by atoms with van der Waals surface area (Å²) in [5.74, 6) is 0. The first-order valence-electron chi connectivity index (χ1n) is 3.78. The van der Waals surface area contributed by atoms with E-state index in [1.165, 1.54) is 11.3 Å². The second-order valence-corrected chi connectivity index (χ2v) is 3.29. The summed E-state index contributed by atoms with van der Waals surface area (Å²) in [5.41, 5.74) is 9.51. The number of nitrogens with two attached hydrogens (primary N) is 1. The van der Waals surface area contributed by atoms with E-state index in [-0.39, 0.29) is 6.04 Å². The van der Waals surface area contributed by atoms with Crippen LogP contribution < -0.4 is 5.73 Å². The van der Waals surface area contributed by atoms with Crippen molar-refractivity contribution in [1.29, 1.82) is 0 Å². The minimum absolute atomic E-state index is 0.193. The molecule has 0 aliphatic rings. The van der Waals surface area contributed by atoms with Gasteiger partial charge in [0.2, 0.25) is 0 Å². The van der Waals surface area contributed by atoms with Crippen LogP contribution in [0.2, 0.25) is 0 Å². The first-order valence-corrected chi connectivity index (χ1v) is 4.72. The summed E-state index contributed by atoms with van der Waals surface area (Å²) in [7, 11) is 0. The van der Waals surface area contributed by atoms with E-state index in [9.17, 15) is 0 Å². The highest BCUT2D eigenvalue weighted by Gasteiger charge is 2.09. The Kier molecular flexibility index (Phi) is 2.29. The lowest BCUT2D eigenvalue weighted by molar-refractivity contribution is 0.819. The molecule has 0 fully saturated rings. The number of rotatable bonds is 2. The molecule has 0 spiro atoms. The predicted octanol–water partition coefficient (Wildman–Crippen LogP) is 0.981. The highest BCUT2D eigenvalue weighted by atomic mass is 32.1. The van der Waals surface area contributed by atoms with Crippen molar-refractivity contribution in [3.63, 3.8) is 0 Å². The third kappa shape index (κ3) is 1.71. The molecule has 2 N–H and O–H groups in total.